The molecule has 4 heteroatoms. The van der Waals surface area contributed by atoms with Crippen molar-refractivity contribution in [3.8, 4) is 11.4 Å². The van der Waals surface area contributed by atoms with Crippen LogP contribution in [0.3, 0.4) is 0 Å². The van der Waals surface area contributed by atoms with Gasteiger partial charge in [0.15, 0.2) is 5.82 Å². The van der Waals surface area contributed by atoms with E-state index in [1.165, 1.54) is 5.56 Å². The second-order valence-corrected chi connectivity index (χ2v) is 5.17. The van der Waals surface area contributed by atoms with Crippen LogP contribution in [0.25, 0.3) is 11.4 Å². The van der Waals surface area contributed by atoms with Gasteiger partial charge in [-0.25, -0.2) is 9.97 Å². The molecule has 1 aromatic heterocycles. The van der Waals surface area contributed by atoms with Crippen molar-refractivity contribution in [3.05, 3.63) is 78.1 Å². The summed E-state index contributed by atoms with van der Waals surface area (Å²) in [4.78, 5) is 20.8. The maximum atomic E-state index is 12.3. The first kappa shape index (κ1) is 14.9. The van der Waals surface area contributed by atoms with Gasteiger partial charge in [-0.15, -0.1) is 0 Å². The van der Waals surface area contributed by atoms with Crippen molar-refractivity contribution >= 4 is 11.6 Å². The minimum atomic E-state index is -0.210. The number of anilines is 1. The molecule has 0 bridgehead atoms. The van der Waals surface area contributed by atoms with E-state index in [4.69, 9.17) is 0 Å². The molecule has 0 fully saturated rings. The lowest BCUT2D eigenvalue weighted by atomic mass is 10.1. The van der Waals surface area contributed by atoms with E-state index in [0.29, 0.717) is 11.4 Å². The van der Waals surface area contributed by atoms with Crippen LogP contribution in [-0.2, 0) is 6.42 Å². The van der Waals surface area contributed by atoms with E-state index < -0.39 is 0 Å². The Morgan fingerprint density at radius 3 is 2.43 bits per heavy atom. The number of rotatable bonds is 4. The van der Waals surface area contributed by atoms with Crippen LogP contribution in [0.2, 0.25) is 0 Å². The van der Waals surface area contributed by atoms with E-state index in [2.05, 4.69) is 22.2 Å². The highest BCUT2D eigenvalue weighted by Crippen LogP contribution is 2.15. The van der Waals surface area contributed by atoms with E-state index in [0.717, 1.165) is 17.7 Å². The van der Waals surface area contributed by atoms with Gasteiger partial charge in [-0.05, 0) is 24.1 Å². The molecule has 2 aromatic carbocycles. The average Bonchev–Trinajstić information content (AvgIpc) is 2.63. The van der Waals surface area contributed by atoms with E-state index >= 15 is 0 Å². The minimum absolute atomic E-state index is 0.210. The average molecular weight is 303 g/mol. The molecule has 0 atom stereocenters. The summed E-state index contributed by atoms with van der Waals surface area (Å²) in [6.07, 6.45) is 4.03. The highest BCUT2D eigenvalue weighted by molar-refractivity contribution is 6.03. The van der Waals surface area contributed by atoms with Crippen LogP contribution in [0, 0.1) is 0 Å². The molecular formula is C19H17N3O. The quantitative estimate of drug-likeness (QED) is 0.793. The smallest absolute Gasteiger partial charge is 0.258 e. The summed E-state index contributed by atoms with van der Waals surface area (Å²) in [5.41, 5.74) is 3.32. The van der Waals surface area contributed by atoms with Gasteiger partial charge >= 0.3 is 0 Å². The zero-order valence-corrected chi connectivity index (χ0v) is 12.9. The molecule has 0 unspecified atom stereocenters. The molecule has 0 aliphatic carbocycles. The van der Waals surface area contributed by atoms with Crippen molar-refractivity contribution in [2.45, 2.75) is 13.3 Å². The number of hydrogen-bond acceptors (Lipinski definition) is 3. The molecule has 0 saturated heterocycles. The third-order valence-electron chi connectivity index (χ3n) is 3.54. The number of aromatic nitrogens is 2. The second kappa shape index (κ2) is 6.83. The maximum Gasteiger partial charge on any atom is 0.258 e. The molecule has 23 heavy (non-hydrogen) atoms. The first-order valence-electron chi connectivity index (χ1n) is 7.54. The molecule has 0 aliphatic rings. The fraction of sp³-hybridized carbons (Fsp3) is 0.105. The molecule has 1 amide bonds. The van der Waals surface area contributed by atoms with Crippen molar-refractivity contribution in [1.29, 1.82) is 0 Å². The second-order valence-electron chi connectivity index (χ2n) is 5.17. The van der Waals surface area contributed by atoms with Crippen molar-refractivity contribution in [2.24, 2.45) is 0 Å². The summed E-state index contributed by atoms with van der Waals surface area (Å²) in [6.45, 7) is 2.08. The molecule has 0 radical (unpaired) electrons. The lowest BCUT2D eigenvalue weighted by Gasteiger charge is -2.07. The fourth-order valence-corrected chi connectivity index (χ4v) is 2.25. The van der Waals surface area contributed by atoms with E-state index in [9.17, 15) is 4.79 Å². The summed E-state index contributed by atoms with van der Waals surface area (Å²) in [5, 5.41) is 2.87. The Labute approximate surface area is 135 Å². The molecule has 1 N–H and O–H groups in total. The molecule has 1 heterocycles. The van der Waals surface area contributed by atoms with E-state index in [-0.39, 0.29) is 5.91 Å². The van der Waals surface area contributed by atoms with Crippen LogP contribution < -0.4 is 5.32 Å². The Morgan fingerprint density at radius 2 is 1.74 bits per heavy atom. The van der Waals surface area contributed by atoms with Crippen LogP contribution in [0.1, 0.15) is 22.8 Å². The highest BCUT2D eigenvalue weighted by Gasteiger charge is 2.08. The number of nitrogens with one attached hydrogen (secondary N) is 1. The Kier molecular flexibility index (Phi) is 4.43. The zero-order valence-electron chi connectivity index (χ0n) is 12.9. The van der Waals surface area contributed by atoms with Crippen molar-refractivity contribution in [1.82, 2.24) is 9.97 Å². The first-order chi connectivity index (χ1) is 11.3. The normalized spacial score (nSPS) is 10.3. The number of carbonyl (C=O) groups is 1. The Balaban J connectivity index is 1.75. The van der Waals surface area contributed by atoms with Crippen LogP contribution in [-0.4, -0.2) is 15.9 Å². The number of amides is 1. The predicted octanol–water partition coefficient (Wildman–Crippen LogP) is 3.96. The van der Waals surface area contributed by atoms with Gasteiger partial charge < -0.3 is 5.32 Å². The van der Waals surface area contributed by atoms with Gasteiger partial charge in [0.25, 0.3) is 5.91 Å². The monoisotopic (exact) mass is 303 g/mol. The fourth-order valence-electron chi connectivity index (χ4n) is 2.25. The summed E-state index contributed by atoms with van der Waals surface area (Å²) in [7, 11) is 0. The molecular weight excluding hydrogens is 286 g/mol. The van der Waals surface area contributed by atoms with E-state index in [1.807, 2.05) is 54.6 Å². The summed E-state index contributed by atoms with van der Waals surface area (Å²) in [5.74, 6) is 0.396. The molecule has 3 rings (SSSR count). The number of benzene rings is 2. The first-order valence-corrected chi connectivity index (χ1v) is 7.54. The highest BCUT2D eigenvalue weighted by atomic mass is 16.1. The topological polar surface area (TPSA) is 54.9 Å². The molecule has 114 valence electrons. The molecule has 0 aliphatic heterocycles. The third-order valence-corrected chi connectivity index (χ3v) is 3.54. The molecule has 0 spiro atoms. The SMILES string of the molecule is CCc1cccc(NC(=O)c2cnc(-c3ccccc3)nc2)c1. The Bertz CT molecular complexity index is 798. The van der Waals surface area contributed by atoms with Gasteiger partial charge in [0.05, 0.1) is 5.56 Å². The van der Waals surface area contributed by atoms with Gasteiger partial charge in [0.1, 0.15) is 0 Å². The minimum Gasteiger partial charge on any atom is -0.322 e. The van der Waals surface area contributed by atoms with Crippen molar-refractivity contribution < 1.29 is 4.79 Å². The number of hydrogen-bond donors (Lipinski definition) is 1. The molecule has 0 saturated carbocycles. The predicted molar refractivity (Wildman–Crippen MR) is 91.2 cm³/mol. The number of nitrogens with zero attached hydrogens (tertiary/aromatic N) is 2. The Hall–Kier alpha value is -3.01. The lowest BCUT2D eigenvalue weighted by molar-refractivity contribution is 0.102. The van der Waals surface area contributed by atoms with Gasteiger partial charge in [0, 0.05) is 23.6 Å². The van der Waals surface area contributed by atoms with Gasteiger partial charge in [-0.3, -0.25) is 4.79 Å². The maximum absolute atomic E-state index is 12.3. The van der Waals surface area contributed by atoms with Crippen LogP contribution in [0.15, 0.2) is 67.0 Å². The van der Waals surface area contributed by atoms with Crippen molar-refractivity contribution in [3.63, 3.8) is 0 Å². The standard InChI is InChI=1S/C19H17N3O/c1-2-14-7-6-10-17(11-14)22-19(23)16-12-20-18(21-13-16)15-8-4-3-5-9-15/h3-13H,2H2,1H3,(H,22,23). The molecule has 3 aromatic rings. The third kappa shape index (κ3) is 3.61. The summed E-state index contributed by atoms with van der Waals surface area (Å²) >= 11 is 0. The number of carbonyl (C=O) groups excluding carboxylic acids is 1. The molecule has 4 nitrogen and oxygen atoms in total. The summed E-state index contributed by atoms with van der Waals surface area (Å²) < 4.78 is 0. The van der Waals surface area contributed by atoms with Crippen LogP contribution in [0.4, 0.5) is 5.69 Å². The van der Waals surface area contributed by atoms with Gasteiger partial charge in [-0.1, -0.05) is 49.4 Å². The summed E-state index contributed by atoms with van der Waals surface area (Å²) in [6, 6.07) is 17.5. The van der Waals surface area contributed by atoms with Crippen LogP contribution >= 0.6 is 0 Å². The van der Waals surface area contributed by atoms with Gasteiger partial charge in [0.2, 0.25) is 0 Å². The lowest BCUT2D eigenvalue weighted by Crippen LogP contribution is -2.13. The number of aryl methyl sites for hydroxylation is 1. The van der Waals surface area contributed by atoms with Crippen LogP contribution in [0.5, 0.6) is 0 Å². The van der Waals surface area contributed by atoms with E-state index in [1.54, 1.807) is 12.4 Å². The van der Waals surface area contributed by atoms with Crippen molar-refractivity contribution in [2.75, 3.05) is 5.32 Å². The largest absolute Gasteiger partial charge is 0.322 e. The van der Waals surface area contributed by atoms with Gasteiger partial charge in [-0.2, -0.15) is 0 Å². The zero-order chi connectivity index (χ0) is 16.1. The Morgan fingerprint density at radius 1 is 1.00 bits per heavy atom.